The molecule has 0 aliphatic rings. The summed E-state index contributed by atoms with van der Waals surface area (Å²) in [4.78, 5) is 13.4. The highest BCUT2D eigenvalue weighted by Gasteiger charge is 2.38. The summed E-state index contributed by atoms with van der Waals surface area (Å²) < 4.78 is 25.1. The van der Waals surface area contributed by atoms with Crippen LogP contribution < -0.4 is 5.32 Å². The van der Waals surface area contributed by atoms with Crippen molar-refractivity contribution >= 4 is 24.0 Å². The van der Waals surface area contributed by atoms with Crippen LogP contribution in [0.2, 0.25) is 0 Å². The second-order valence-corrected chi connectivity index (χ2v) is 11.0. The van der Waals surface area contributed by atoms with Crippen molar-refractivity contribution in [1.29, 1.82) is 0 Å². The first-order valence-electron chi connectivity index (χ1n) is 9.62. The van der Waals surface area contributed by atoms with Gasteiger partial charge in [0.1, 0.15) is 12.4 Å². The number of nitrogens with one attached hydrogen (secondary N) is 1. The van der Waals surface area contributed by atoms with Gasteiger partial charge < -0.3 is 14.6 Å². The second kappa shape index (κ2) is 11.0. The molecule has 3 aromatic carbocycles. The summed E-state index contributed by atoms with van der Waals surface area (Å²) in [6, 6.07) is 27.9. The van der Waals surface area contributed by atoms with E-state index in [9.17, 15) is 9.36 Å². The van der Waals surface area contributed by atoms with Gasteiger partial charge in [0.2, 0.25) is 0 Å². The zero-order valence-electron chi connectivity index (χ0n) is 16.6. The lowest BCUT2D eigenvalue weighted by molar-refractivity contribution is 0.137. The zero-order chi connectivity index (χ0) is 21.2. The van der Waals surface area contributed by atoms with Gasteiger partial charge in [0.15, 0.2) is 0 Å². The number of carbonyl (C=O) groups excluding carboxylic acids is 1. The van der Waals surface area contributed by atoms with Crippen LogP contribution in [-0.4, -0.2) is 12.7 Å². The van der Waals surface area contributed by atoms with Gasteiger partial charge in [-0.1, -0.05) is 78.9 Å². The van der Waals surface area contributed by atoms with E-state index in [1.165, 1.54) is 0 Å². The van der Waals surface area contributed by atoms with E-state index in [0.29, 0.717) is 5.56 Å². The quantitative estimate of drug-likeness (QED) is 0.377. The Kier molecular flexibility index (Phi) is 8.14. The van der Waals surface area contributed by atoms with E-state index in [4.69, 9.17) is 9.26 Å². The smallest absolute Gasteiger partial charge is 0.408 e. The molecule has 2 unspecified atom stereocenters. The van der Waals surface area contributed by atoms with Crippen molar-refractivity contribution in [2.24, 2.45) is 0 Å². The Labute approximate surface area is 181 Å². The Bertz CT molecular complexity index is 970. The van der Waals surface area contributed by atoms with Crippen molar-refractivity contribution in [3.8, 4) is 0 Å². The summed E-state index contributed by atoms with van der Waals surface area (Å²) >= 11 is 1.14. The second-order valence-electron chi connectivity index (χ2n) is 6.38. The summed E-state index contributed by atoms with van der Waals surface area (Å²) in [6.45, 7) is -1.26. The Morgan fingerprint density at radius 3 is 2.10 bits per heavy atom. The van der Waals surface area contributed by atoms with Gasteiger partial charge in [0.05, 0.1) is 6.61 Å². The van der Waals surface area contributed by atoms with Crippen molar-refractivity contribution in [3.05, 3.63) is 102 Å². The maximum absolute atomic E-state index is 14.0. The molecule has 0 fully saturated rings. The van der Waals surface area contributed by atoms with Crippen molar-refractivity contribution in [2.45, 2.75) is 24.2 Å². The van der Waals surface area contributed by atoms with Crippen LogP contribution in [0.1, 0.15) is 23.8 Å². The van der Waals surface area contributed by atoms with E-state index < -0.39 is 18.4 Å². The highest BCUT2D eigenvalue weighted by atomic mass is 32.7. The van der Waals surface area contributed by atoms with Gasteiger partial charge in [-0.15, -0.1) is 0 Å². The molecule has 0 aromatic heterocycles. The summed E-state index contributed by atoms with van der Waals surface area (Å²) in [5, 5.41) is 2.78. The lowest BCUT2D eigenvalue weighted by Crippen LogP contribution is -2.29. The molecular formula is C23H24NO4PS. The number of amides is 1. The first-order chi connectivity index (χ1) is 14.6. The van der Waals surface area contributed by atoms with Gasteiger partial charge in [-0.05, 0) is 41.6 Å². The van der Waals surface area contributed by atoms with Gasteiger partial charge in [0, 0.05) is 4.90 Å². The van der Waals surface area contributed by atoms with Crippen LogP contribution in [0.4, 0.5) is 4.79 Å². The van der Waals surface area contributed by atoms with Crippen LogP contribution in [0, 0.1) is 0 Å². The van der Waals surface area contributed by atoms with E-state index in [2.05, 4.69) is 5.32 Å². The van der Waals surface area contributed by atoms with Gasteiger partial charge >= 0.3 is 6.09 Å². The van der Waals surface area contributed by atoms with E-state index in [1.54, 1.807) is 6.92 Å². The molecule has 0 saturated heterocycles. The van der Waals surface area contributed by atoms with Gasteiger partial charge in [-0.25, -0.2) is 4.79 Å². The Hall–Kier alpha value is -2.53. The van der Waals surface area contributed by atoms with Gasteiger partial charge in [-0.3, -0.25) is 4.57 Å². The fourth-order valence-electron chi connectivity index (χ4n) is 2.82. The third-order valence-corrected chi connectivity index (χ3v) is 8.94. The maximum Gasteiger partial charge on any atom is 0.408 e. The third kappa shape index (κ3) is 6.23. The molecule has 5 nitrogen and oxygen atoms in total. The van der Waals surface area contributed by atoms with Crippen LogP contribution in [0.15, 0.2) is 95.9 Å². The molecule has 0 heterocycles. The van der Waals surface area contributed by atoms with Gasteiger partial charge in [0.25, 0.3) is 6.57 Å². The first-order valence-corrected chi connectivity index (χ1v) is 12.7. The fourth-order valence-corrected chi connectivity index (χ4v) is 7.42. The van der Waals surface area contributed by atoms with Crippen LogP contribution >= 0.6 is 18.0 Å². The Morgan fingerprint density at radius 1 is 0.933 bits per heavy atom. The van der Waals surface area contributed by atoms with Crippen molar-refractivity contribution < 1.29 is 18.6 Å². The molecule has 0 spiro atoms. The average Bonchev–Trinajstić information content (AvgIpc) is 2.78. The molecule has 1 N–H and O–H groups in total. The number of carbonyl (C=O) groups is 1. The van der Waals surface area contributed by atoms with Crippen LogP contribution in [0.25, 0.3) is 0 Å². The SMILES string of the molecule is CCOP(=O)(Sc1ccccc1)C(NC(=O)OCc1ccccc1)c1ccccc1. The van der Waals surface area contributed by atoms with Crippen LogP contribution in [-0.2, 0) is 20.4 Å². The summed E-state index contributed by atoms with van der Waals surface area (Å²) in [5.74, 6) is -0.855. The third-order valence-electron chi connectivity index (χ3n) is 4.18. The van der Waals surface area contributed by atoms with E-state index >= 15 is 0 Å². The van der Waals surface area contributed by atoms with E-state index in [0.717, 1.165) is 21.8 Å². The molecule has 156 valence electrons. The largest absolute Gasteiger partial charge is 0.445 e. The summed E-state index contributed by atoms with van der Waals surface area (Å²) in [6.07, 6.45) is -0.652. The summed E-state index contributed by atoms with van der Waals surface area (Å²) in [5.41, 5.74) is 1.56. The predicted octanol–water partition coefficient (Wildman–Crippen LogP) is 6.63. The molecule has 0 bridgehead atoms. The van der Waals surface area contributed by atoms with Crippen LogP contribution in [0.3, 0.4) is 0 Å². The first kappa shape index (κ1) is 22.2. The molecule has 3 aromatic rings. The number of hydrogen-bond donors (Lipinski definition) is 1. The molecule has 0 aliphatic heterocycles. The standard InChI is InChI=1S/C23H24NO4PS/c1-2-28-29(26,30-21-16-10-5-11-17-21)22(20-14-8-4-9-15-20)24-23(25)27-18-19-12-6-3-7-13-19/h3-17,22H,2,18H2,1H3,(H,24,25). The molecule has 0 saturated carbocycles. The molecule has 1 amide bonds. The van der Waals surface area contributed by atoms with Gasteiger partial charge in [-0.2, -0.15) is 0 Å². The maximum atomic E-state index is 14.0. The molecule has 2 atom stereocenters. The number of benzene rings is 3. The van der Waals surface area contributed by atoms with Crippen molar-refractivity contribution in [3.63, 3.8) is 0 Å². The number of rotatable bonds is 9. The number of ether oxygens (including phenoxy) is 1. The molecule has 0 radical (unpaired) electrons. The molecular weight excluding hydrogens is 417 g/mol. The number of hydrogen-bond acceptors (Lipinski definition) is 5. The lowest BCUT2D eigenvalue weighted by atomic mass is 10.2. The minimum absolute atomic E-state index is 0.124. The van der Waals surface area contributed by atoms with E-state index in [1.807, 2.05) is 91.0 Å². The monoisotopic (exact) mass is 441 g/mol. The van der Waals surface area contributed by atoms with E-state index in [-0.39, 0.29) is 13.2 Å². The fraction of sp³-hybridized carbons (Fsp3) is 0.174. The minimum Gasteiger partial charge on any atom is -0.445 e. The average molecular weight is 441 g/mol. The molecule has 0 aliphatic carbocycles. The van der Waals surface area contributed by atoms with Crippen molar-refractivity contribution in [1.82, 2.24) is 5.32 Å². The number of alkyl carbamates (subject to hydrolysis) is 1. The minimum atomic E-state index is -3.42. The van der Waals surface area contributed by atoms with Crippen molar-refractivity contribution in [2.75, 3.05) is 6.61 Å². The summed E-state index contributed by atoms with van der Waals surface area (Å²) in [7, 11) is 0. The highest BCUT2D eigenvalue weighted by Crippen LogP contribution is 2.70. The highest BCUT2D eigenvalue weighted by molar-refractivity contribution is 8.56. The molecule has 7 heteroatoms. The normalized spacial score (nSPS) is 13.8. The topological polar surface area (TPSA) is 64.6 Å². The molecule has 3 rings (SSSR count). The predicted molar refractivity (Wildman–Crippen MR) is 120 cm³/mol. The zero-order valence-corrected chi connectivity index (χ0v) is 18.4. The van der Waals surface area contributed by atoms with Crippen LogP contribution in [0.5, 0.6) is 0 Å². The Balaban J connectivity index is 1.83. The Morgan fingerprint density at radius 2 is 1.50 bits per heavy atom. The lowest BCUT2D eigenvalue weighted by Gasteiger charge is -2.27. The molecule has 30 heavy (non-hydrogen) atoms.